The lowest BCUT2D eigenvalue weighted by Crippen LogP contribution is -2.13. The zero-order valence-electron chi connectivity index (χ0n) is 12.7. The predicted molar refractivity (Wildman–Crippen MR) is 85.2 cm³/mol. The van der Waals surface area contributed by atoms with Crippen LogP contribution in [0.4, 0.5) is 0 Å². The maximum Gasteiger partial charge on any atom is 0.0617 e. The zero-order chi connectivity index (χ0) is 14.0. The van der Waals surface area contributed by atoms with Gasteiger partial charge in [0.15, 0.2) is 0 Å². The van der Waals surface area contributed by atoms with E-state index in [4.69, 9.17) is 5.11 Å². The van der Waals surface area contributed by atoms with Crippen molar-refractivity contribution in [3.63, 3.8) is 0 Å². The Bertz CT molecular complexity index is 266. The molecule has 0 radical (unpaired) electrons. The predicted octanol–water partition coefficient (Wildman–Crippen LogP) is 4.82. The van der Waals surface area contributed by atoms with Crippen LogP contribution in [0, 0.1) is 5.92 Å². The first-order valence-corrected chi connectivity index (χ1v) is 8.13. The van der Waals surface area contributed by atoms with Crippen molar-refractivity contribution in [2.24, 2.45) is 5.92 Å². The van der Waals surface area contributed by atoms with E-state index >= 15 is 0 Å². The molecule has 0 fully saturated rings. The van der Waals surface area contributed by atoms with Gasteiger partial charge in [0.25, 0.3) is 0 Å². The minimum absolute atomic E-state index is 0.134. The fourth-order valence-corrected chi connectivity index (χ4v) is 2.14. The molecule has 1 N–H and O–H groups in total. The van der Waals surface area contributed by atoms with Gasteiger partial charge in [-0.1, -0.05) is 57.4 Å². The van der Waals surface area contributed by atoms with Crippen LogP contribution in [-0.2, 0) is 0 Å². The molecular weight excluding hydrogens is 240 g/mol. The lowest BCUT2D eigenvalue weighted by atomic mass is 9.96. The van der Waals surface area contributed by atoms with E-state index in [0.29, 0.717) is 4.75 Å². The van der Waals surface area contributed by atoms with Gasteiger partial charge in [-0.25, -0.2) is 0 Å². The van der Waals surface area contributed by atoms with E-state index in [1.165, 1.54) is 19.3 Å². The number of aliphatic hydroxyl groups excluding tert-OH is 1. The molecule has 0 aliphatic rings. The summed E-state index contributed by atoms with van der Waals surface area (Å²) in [4.78, 5) is 0. The highest BCUT2D eigenvalue weighted by atomic mass is 32.2. The molecule has 0 aromatic rings. The molecule has 0 amide bonds. The van der Waals surface area contributed by atoms with Gasteiger partial charge in [-0.3, -0.25) is 0 Å². The molecule has 18 heavy (non-hydrogen) atoms. The maximum atomic E-state index is 8.75. The van der Waals surface area contributed by atoms with E-state index in [1.54, 1.807) is 0 Å². The summed E-state index contributed by atoms with van der Waals surface area (Å²) in [7, 11) is 0. The lowest BCUT2D eigenvalue weighted by Gasteiger charge is -2.22. The second-order valence-electron chi connectivity index (χ2n) is 5.73. The van der Waals surface area contributed by atoms with Crippen molar-refractivity contribution in [1.82, 2.24) is 0 Å². The molecule has 0 aromatic carbocycles. The number of thioether (sulfide) groups is 1. The molecule has 0 bridgehead atoms. The van der Waals surface area contributed by atoms with Gasteiger partial charge in [-0.05, 0) is 31.9 Å². The van der Waals surface area contributed by atoms with Crippen LogP contribution in [-0.4, -0.2) is 22.7 Å². The number of aliphatic hydroxyl groups is 1. The SMILES string of the molecule is CSC(C)(C)CCCC(C)CC=CC(C)=CCO. The Morgan fingerprint density at radius 3 is 2.61 bits per heavy atom. The van der Waals surface area contributed by atoms with Crippen molar-refractivity contribution in [3.8, 4) is 0 Å². The molecule has 0 saturated heterocycles. The molecule has 0 aliphatic carbocycles. The topological polar surface area (TPSA) is 20.2 Å². The third-order valence-corrected chi connectivity index (χ3v) is 4.67. The second-order valence-corrected chi connectivity index (χ2v) is 7.24. The van der Waals surface area contributed by atoms with E-state index in [9.17, 15) is 0 Å². The molecule has 1 nitrogen and oxygen atoms in total. The lowest BCUT2D eigenvalue weighted by molar-refractivity contribution is 0.342. The van der Waals surface area contributed by atoms with Crippen molar-refractivity contribution in [1.29, 1.82) is 0 Å². The first-order valence-electron chi connectivity index (χ1n) is 6.90. The average molecular weight is 270 g/mol. The van der Waals surface area contributed by atoms with Gasteiger partial charge in [-0.15, -0.1) is 0 Å². The van der Waals surface area contributed by atoms with Gasteiger partial charge >= 0.3 is 0 Å². The number of rotatable bonds is 9. The molecule has 0 aliphatic heterocycles. The monoisotopic (exact) mass is 270 g/mol. The Balaban J connectivity index is 3.79. The van der Waals surface area contributed by atoms with E-state index in [2.05, 4.69) is 39.2 Å². The zero-order valence-corrected chi connectivity index (χ0v) is 13.5. The maximum absolute atomic E-state index is 8.75. The van der Waals surface area contributed by atoms with Crippen LogP contribution in [0.25, 0.3) is 0 Å². The van der Waals surface area contributed by atoms with Gasteiger partial charge in [0.05, 0.1) is 6.61 Å². The van der Waals surface area contributed by atoms with Crippen molar-refractivity contribution in [2.45, 2.75) is 58.1 Å². The minimum Gasteiger partial charge on any atom is -0.392 e. The van der Waals surface area contributed by atoms with Crippen molar-refractivity contribution in [3.05, 3.63) is 23.8 Å². The van der Waals surface area contributed by atoms with Crippen LogP contribution in [0.2, 0.25) is 0 Å². The highest BCUT2D eigenvalue weighted by molar-refractivity contribution is 7.99. The number of hydrogen-bond acceptors (Lipinski definition) is 2. The van der Waals surface area contributed by atoms with Crippen LogP contribution in [0.15, 0.2) is 23.8 Å². The summed E-state index contributed by atoms with van der Waals surface area (Å²) in [6.45, 7) is 9.13. The summed E-state index contributed by atoms with van der Waals surface area (Å²) in [5.41, 5.74) is 1.15. The number of allylic oxidation sites excluding steroid dienone is 3. The fourth-order valence-electron chi connectivity index (χ4n) is 1.79. The van der Waals surface area contributed by atoms with E-state index in [0.717, 1.165) is 17.9 Å². The Morgan fingerprint density at radius 1 is 1.39 bits per heavy atom. The van der Waals surface area contributed by atoms with Crippen LogP contribution in [0.1, 0.15) is 53.4 Å². The molecule has 1 atom stereocenters. The molecule has 0 spiro atoms. The van der Waals surface area contributed by atoms with Crippen LogP contribution in [0.3, 0.4) is 0 Å². The Labute approximate surface area is 118 Å². The van der Waals surface area contributed by atoms with Gasteiger partial charge < -0.3 is 5.11 Å². The smallest absolute Gasteiger partial charge is 0.0617 e. The van der Waals surface area contributed by atoms with Crippen LogP contribution < -0.4 is 0 Å². The Hall–Kier alpha value is -0.210. The summed E-state index contributed by atoms with van der Waals surface area (Å²) in [5, 5.41) is 8.75. The first-order chi connectivity index (χ1) is 8.41. The summed E-state index contributed by atoms with van der Waals surface area (Å²) in [6, 6.07) is 0. The van der Waals surface area contributed by atoms with Crippen LogP contribution >= 0.6 is 11.8 Å². The van der Waals surface area contributed by atoms with Crippen molar-refractivity contribution >= 4 is 11.8 Å². The third kappa shape index (κ3) is 9.78. The highest BCUT2D eigenvalue weighted by Gasteiger charge is 2.15. The van der Waals surface area contributed by atoms with Crippen molar-refractivity contribution < 1.29 is 5.11 Å². The Kier molecular flexibility index (Phi) is 9.57. The molecule has 1 unspecified atom stereocenters. The van der Waals surface area contributed by atoms with E-state index < -0.39 is 0 Å². The summed E-state index contributed by atoms with van der Waals surface area (Å²) < 4.78 is 0.427. The first kappa shape index (κ1) is 17.8. The fraction of sp³-hybridized carbons (Fsp3) is 0.750. The van der Waals surface area contributed by atoms with Gasteiger partial charge in [-0.2, -0.15) is 11.8 Å². The largest absolute Gasteiger partial charge is 0.392 e. The van der Waals surface area contributed by atoms with Crippen LogP contribution in [0.5, 0.6) is 0 Å². The van der Waals surface area contributed by atoms with E-state index in [-0.39, 0.29) is 6.61 Å². The second kappa shape index (κ2) is 9.69. The van der Waals surface area contributed by atoms with Gasteiger partial charge in [0.1, 0.15) is 0 Å². The number of hydrogen-bond donors (Lipinski definition) is 1. The standard InChI is InChI=1S/C16H30OS/c1-14(8-6-9-15(2)11-13-17)10-7-12-16(3,4)18-5/h6,9,11,14,17H,7-8,10,12-13H2,1-5H3. The molecule has 2 heteroatoms. The molecular formula is C16H30OS. The van der Waals surface area contributed by atoms with Gasteiger partial charge in [0.2, 0.25) is 0 Å². The normalized spacial score (nSPS) is 15.3. The quantitative estimate of drug-likeness (QED) is 0.606. The average Bonchev–Trinajstić information content (AvgIpc) is 2.29. The summed E-state index contributed by atoms with van der Waals surface area (Å²) in [5.74, 6) is 0.751. The third-order valence-electron chi connectivity index (χ3n) is 3.36. The minimum atomic E-state index is 0.134. The van der Waals surface area contributed by atoms with Crippen molar-refractivity contribution in [2.75, 3.05) is 12.9 Å². The van der Waals surface area contributed by atoms with E-state index in [1.807, 2.05) is 24.8 Å². The highest BCUT2D eigenvalue weighted by Crippen LogP contribution is 2.28. The molecule has 0 heterocycles. The molecule has 106 valence electrons. The molecule has 0 rings (SSSR count). The Morgan fingerprint density at radius 2 is 2.06 bits per heavy atom. The summed E-state index contributed by atoms with van der Waals surface area (Å²) in [6.07, 6.45) is 13.4. The molecule has 0 saturated carbocycles. The van der Waals surface area contributed by atoms with Gasteiger partial charge in [0, 0.05) is 4.75 Å². The molecule has 0 aromatic heterocycles. The summed E-state index contributed by atoms with van der Waals surface area (Å²) >= 11 is 1.96.